The Labute approximate surface area is 108 Å². The molecular formula is C9H12BrN3O3S. The Hall–Kier alpha value is -0.890. The molecule has 2 rings (SSSR count). The van der Waals surface area contributed by atoms with E-state index in [1.165, 1.54) is 7.11 Å². The van der Waals surface area contributed by atoms with E-state index in [4.69, 9.17) is 4.74 Å². The Morgan fingerprint density at radius 3 is 2.65 bits per heavy atom. The van der Waals surface area contributed by atoms with Crippen LogP contribution in [0.5, 0.6) is 5.88 Å². The van der Waals surface area contributed by atoms with Crippen LogP contribution in [0.15, 0.2) is 10.7 Å². The number of ether oxygens (including phenoxy) is 1. The van der Waals surface area contributed by atoms with Crippen LogP contribution in [0, 0.1) is 0 Å². The standard InChI is InChI=1S/C9H12BrN3O3S/c1-16-8-7(10)6-11-9(12-8)13-2-4-17(14,15)5-3-13/h6H,2-5H2,1H3. The molecule has 94 valence electrons. The number of rotatable bonds is 2. The maximum Gasteiger partial charge on any atom is 0.232 e. The highest BCUT2D eigenvalue weighted by atomic mass is 79.9. The molecular weight excluding hydrogens is 310 g/mol. The number of aromatic nitrogens is 2. The van der Waals surface area contributed by atoms with Crippen molar-refractivity contribution in [2.45, 2.75) is 0 Å². The average molecular weight is 322 g/mol. The minimum absolute atomic E-state index is 0.148. The number of hydrogen-bond acceptors (Lipinski definition) is 6. The van der Waals surface area contributed by atoms with Gasteiger partial charge in [0, 0.05) is 13.1 Å². The van der Waals surface area contributed by atoms with E-state index in [1.54, 1.807) is 6.20 Å². The lowest BCUT2D eigenvalue weighted by Gasteiger charge is -2.26. The van der Waals surface area contributed by atoms with Gasteiger partial charge in [0.15, 0.2) is 9.84 Å². The summed E-state index contributed by atoms with van der Waals surface area (Å²) in [6.45, 7) is 0.847. The predicted octanol–water partition coefficient (Wildman–Crippen LogP) is 0.483. The highest BCUT2D eigenvalue weighted by Gasteiger charge is 2.23. The normalized spacial score (nSPS) is 19.1. The van der Waals surface area contributed by atoms with Gasteiger partial charge in [0.1, 0.15) is 0 Å². The molecule has 0 amide bonds. The van der Waals surface area contributed by atoms with Crippen molar-refractivity contribution in [2.75, 3.05) is 36.6 Å². The van der Waals surface area contributed by atoms with Gasteiger partial charge >= 0.3 is 0 Å². The highest BCUT2D eigenvalue weighted by molar-refractivity contribution is 9.10. The zero-order valence-corrected chi connectivity index (χ0v) is 11.7. The van der Waals surface area contributed by atoms with Crippen LogP contribution in [0.3, 0.4) is 0 Å². The van der Waals surface area contributed by atoms with Crippen molar-refractivity contribution in [3.8, 4) is 5.88 Å². The van der Waals surface area contributed by atoms with Gasteiger partial charge in [-0.3, -0.25) is 0 Å². The van der Waals surface area contributed by atoms with E-state index in [1.807, 2.05) is 4.90 Å². The molecule has 0 aliphatic carbocycles. The van der Waals surface area contributed by atoms with Gasteiger partial charge in [-0.05, 0) is 15.9 Å². The van der Waals surface area contributed by atoms with E-state index < -0.39 is 9.84 Å². The van der Waals surface area contributed by atoms with Gasteiger partial charge in [0.25, 0.3) is 0 Å². The van der Waals surface area contributed by atoms with Gasteiger partial charge in [0.2, 0.25) is 11.8 Å². The summed E-state index contributed by atoms with van der Waals surface area (Å²) in [6.07, 6.45) is 1.60. The first-order valence-electron chi connectivity index (χ1n) is 5.04. The fraction of sp³-hybridized carbons (Fsp3) is 0.556. The summed E-state index contributed by atoms with van der Waals surface area (Å²) in [7, 11) is -1.36. The lowest BCUT2D eigenvalue weighted by atomic mass is 10.5. The zero-order valence-electron chi connectivity index (χ0n) is 9.26. The molecule has 8 heteroatoms. The van der Waals surface area contributed by atoms with E-state index in [9.17, 15) is 8.42 Å². The molecule has 0 saturated carbocycles. The highest BCUT2D eigenvalue weighted by Crippen LogP contribution is 2.23. The Morgan fingerprint density at radius 2 is 2.06 bits per heavy atom. The minimum atomic E-state index is -2.89. The number of methoxy groups -OCH3 is 1. The lowest BCUT2D eigenvalue weighted by molar-refractivity contribution is 0.393. The fourth-order valence-corrected chi connectivity index (χ4v) is 3.10. The van der Waals surface area contributed by atoms with E-state index in [-0.39, 0.29) is 11.5 Å². The summed E-state index contributed by atoms with van der Waals surface area (Å²) >= 11 is 3.27. The summed E-state index contributed by atoms with van der Waals surface area (Å²) in [4.78, 5) is 10.2. The van der Waals surface area contributed by atoms with E-state index in [0.717, 1.165) is 0 Å². The molecule has 0 aromatic carbocycles. The lowest BCUT2D eigenvalue weighted by Crippen LogP contribution is -2.41. The van der Waals surface area contributed by atoms with Gasteiger partial charge in [-0.1, -0.05) is 0 Å². The van der Waals surface area contributed by atoms with Crippen LogP contribution in [-0.2, 0) is 9.84 Å². The molecule has 0 radical (unpaired) electrons. The molecule has 1 aromatic rings. The van der Waals surface area contributed by atoms with Crippen molar-refractivity contribution in [3.05, 3.63) is 10.7 Å². The smallest absolute Gasteiger partial charge is 0.232 e. The van der Waals surface area contributed by atoms with Crippen LogP contribution in [0.2, 0.25) is 0 Å². The first-order chi connectivity index (χ1) is 8.02. The Kier molecular flexibility index (Phi) is 3.53. The summed E-state index contributed by atoms with van der Waals surface area (Å²) in [6, 6.07) is 0. The number of sulfone groups is 1. The van der Waals surface area contributed by atoms with Crippen molar-refractivity contribution >= 4 is 31.7 Å². The van der Waals surface area contributed by atoms with Crippen LogP contribution < -0.4 is 9.64 Å². The summed E-state index contributed by atoms with van der Waals surface area (Å²) < 4.78 is 28.4. The molecule has 0 spiro atoms. The van der Waals surface area contributed by atoms with Crippen LogP contribution in [0.25, 0.3) is 0 Å². The third-order valence-electron chi connectivity index (χ3n) is 2.52. The largest absolute Gasteiger partial charge is 0.480 e. The maximum absolute atomic E-state index is 11.3. The Bertz CT molecular complexity index is 506. The molecule has 0 unspecified atom stereocenters. The maximum atomic E-state index is 11.3. The second-order valence-electron chi connectivity index (χ2n) is 3.67. The number of anilines is 1. The van der Waals surface area contributed by atoms with Crippen molar-refractivity contribution in [1.82, 2.24) is 9.97 Å². The second-order valence-corrected chi connectivity index (χ2v) is 6.82. The molecule has 1 saturated heterocycles. The number of halogens is 1. The summed E-state index contributed by atoms with van der Waals surface area (Å²) in [5.41, 5.74) is 0. The van der Waals surface area contributed by atoms with Gasteiger partial charge in [-0.2, -0.15) is 4.98 Å². The quantitative estimate of drug-likeness (QED) is 0.789. The molecule has 0 atom stereocenters. The Balaban J connectivity index is 2.19. The number of nitrogens with zero attached hydrogens (tertiary/aromatic N) is 3. The van der Waals surface area contributed by atoms with Crippen LogP contribution >= 0.6 is 15.9 Å². The molecule has 17 heavy (non-hydrogen) atoms. The van der Waals surface area contributed by atoms with Crippen molar-refractivity contribution in [2.24, 2.45) is 0 Å². The SMILES string of the molecule is COc1nc(N2CCS(=O)(=O)CC2)ncc1Br. The molecule has 2 heterocycles. The van der Waals surface area contributed by atoms with Gasteiger partial charge in [-0.15, -0.1) is 0 Å². The molecule has 1 aromatic heterocycles. The molecule has 1 fully saturated rings. The first-order valence-corrected chi connectivity index (χ1v) is 7.65. The van der Waals surface area contributed by atoms with E-state index >= 15 is 0 Å². The van der Waals surface area contributed by atoms with Crippen LogP contribution in [-0.4, -0.2) is 50.1 Å². The van der Waals surface area contributed by atoms with E-state index in [2.05, 4.69) is 25.9 Å². The third-order valence-corrected chi connectivity index (χ3v) is 4.67. The third kappa shape index (κ3) is 2.86. The Morgan fingerprint density at radius 1 is 1.41 bits per heavy atom. The molecule has 6 nitrogen and oxygen atoms in total. The monoisotopic (exact) mass is 321 g/mol. The molecule has 1 aliphatic heterocycles. The zero-order chi connectivity index (χ0) is 12.5. The average Bonchev–Trinajstić information content (AvgIpc) is 2.30. The van der Waals surface area contributed by atoms with Gasteiger partial charge in [0.05, 0.1) is 29.3 Å². The topological polar surface area (TPSA) is 72.4 Å². The molecule has 0 N–H and O–H groups in total. The predicted molar refractivity (Wildman–Crippen MR) is 67.2 cm³/mol. The molecule has 0 bridgehead atoms. The van der Waals surface area contributed by atoms with Gasteiger partial charge < -0.3 is 9.64 Å². The van der Waals surface area contributed by atoms with Crippen molar-refractivity contribution in [1.29, 1.82) is 0 Å². The fourth-order valence-electron chi connectivity index (χ4n) is 1.55. The second kappa shape index (κ2) is 4.77. The van der Waals surface area contributed by atoms with Crippen molar-refractivity contribution in [3.63, 3.8) is 0 Å². The van der Waals surface area contributed by atoms with E-state index in [0.29, 0.717) is 29.4 Å². The minimum Gasteiger partial charge on any atom is -0.480 e. The summed E-state index contributed by atoms with van der Waals surface area (Å²) in [5.74, 6) is 1.24. The van der Waals surface area contributed by atoms with Crippen molar-refractivity contribution < 1.29 is 13.2 Å². The van der Waals surface area contributed by atoms with Gasteiger partial charge in [-0.25, -0.2) is 13.4 Å². The van der Waals surface area contributed by atoms with Crippen LogP contribution in [0.4, 0.5) is 5.95 Å². The van der Waals surface area contributed by atoms with Crippen LogP contribution in [0.1, 0.15) is 0 Å². The first kappa shape index (κ1) is 12.6. The summed E-state index contributed by atoms with van der Waals surface area (Å²) in [5, 5.41) is 0. The number of hydrogen-bond donors (Lipinski definition) is 0. The molecule has 1 aliphatic rings.